The summed E-state index contributed by atoms with van der Waals surface area (Å²) in [5.41, 5.74) is 0.636. The number of aromatic nitrogens is 2. The SMILES string of the molecule is CC(C)[C@H](CO)Nc1nc(Nc2ccc(Cl)c(C(F)(F)F)c2)cc(-c2ccccc2)n1. The first-order valence-corrected chi connectivity index (χ1v) is 10.0. The minimum atomic E-state index is -4.58. The van der Waals surface area contributed by atoms with Crippen molar-refractivity contribution < 1.29 is 18.3 Å². The first-order valence-electron chi connectivity index (χ1n) is 9.63. The van der Waals surface area contributed by atoms with Crippen molar-refractivity contribution in [3.63, 3.8) is 0 Å². The molecule has 0 unspecified atom stereocenters. The highest BCUT2D eigenvalue weighted by Crippen LogP contribution is 2.37. The number of benzene rings is 2. The van der Waals surface area contributed by atoms with Gasteiger partial charge in [0, 0.05) is 17.3 Å². The van der Waals surface area contributed by atoms with Crippen molar-refractivity contribution in [3.8, 4) is 11.3 Å². The van der Waals surface area contributed by atoms with Crippen LogP contribution in [-0.4, -0.2) is 27.7 Å². The first-order chi connectivity index (χ1) is 14.7. The molecule has 3 N–H and O–H groups in total. The average molecular weight is 451 g/mol. The van der Waals surface area contributed by atoms with Gasteiger partial charge >= 0.3 is 6.18 Å². The van der Waals surface area contributed by atoms with Gasteiger partial charge in [0.2, 0.25) is 5.95 Å². The average Bonchev–Trinajstić information content (AvgIpc) is 2.73. The summed E-state index contributed by atoms with van der Waals surface area (Å²) in [5, 5.41) is 15.2. The molecule has 0 aliphatic rings. The number of nitrogens with one attached hydrogen (secondary N) is 2. The maximum Gasteiger partial charge on any atom is 0.417 e. The Labute approximate surface area is 183 Å². The van der Waals surface area contributed by atoms with Gasteiger partial charge in [-0.25, -0.2) is 4.98 Å². The van der Waals surface area contributed by atoms with Gasteiger partial charge in [-0.3, -0.25) is 0 Å². The molecule has 0 amide bonds. The molecule has 0 saturated carbocycles. The molecule has 1 heterocycles. The van der Waals surface area contributed by atoms with Gasteiger partial charge in [-0.1, -0.05) is 55.8 Å². The molecule has 1 aromatic heterocycles. The van der Waals surface area contributed by atoms with E-state index in [2.05, 4.69) is 20.6 Å². The fraction of sp³-hybridized carbons (Fsp3) is 0.273. The van der Waals surface area contributed by atoms with E-state index in [-0.39, 0.29) is 35.2 Å². The smallest absolute Gasteiger partial charge is 0.394 e. The normalized spacial score (nSPS) is 12.6. The maximum atomic E-state index is 13.2. The van der Waals surface area contributed by atoms with Crippen LogP contribution in [0.1, 0.15) is 19.4 Å². The van der Waals surface area contributed by atoms with E-state index >= 15 is 0 Å². The monoisotopic (exact) mass is 450 g/mol. The van der Waals surface area contributed by atoms with Crippen molar-refractivity contribution in [2.24, 2.45) is 5.92 Å². The minimum absolute atomic E-state index is 0.107. The highest BCUT2D eigenvalue weighted by Gasteiger charge is 2.33. The molecule has 0 radical (unpaired) electrons. The Bertz CT molecular complexity index is 1030. The topological polar surface area (TPSA) is 70.1 Å². The molecular weight excluding hydrogens is 429 g/mol. The van der Waals surface area contributed by atoms with Crippen LogP contribution in [0, 0.1) is 5.92 Å². The van der Waals surface area contributed by atoms with Gasteiger partial charge in [0.25, 0.3) is 0 Å². The Morgan fingerprint density at radius 1 is 1.03 bits per heavy atom. The molecule has 0 fully saturated rings. The van der Waals surface area contributed by atoms with Crippen molar-refractivity contribution in [1.82, 2.24) is 9.97 Å². The lowest BCUT2D eigenvalue weighted by Crippen LogP contribution is -2.30. The number of halogens is 4. The summed E-state index contributed by atoms with van der Waals surface area (Å²) in [6, 6.07) is 14.2. The summed E-state index contributed by atoms with van der Waals surface area (Å²) >= 11 is 5.71. The van der Waals surface area contributed by atoms with E-state index in [0.717, 1.165) is 11.6 Å². The summed E-state index contributed by atoms with van der Waals surface area (Å²) in [5.74, 6) is 0.657. The maximum absolute atomic E-state index is 13.2. The van der Waals surface area contributed by atoms with E-state index in [0.29, 0.717) is 11.5 Å². The predicted octanol–water partition coefficient (Wildman–Crippen LogP) is 5.99. The van der Waals surface area contributed by atoms with Crippen LogP contribution in [0.5, 0.6) is 0 Å². The standard InChI is InChI=1S/C22H22ClF3N4O/c1-13(2)19(12-31)29-21-28-18(14-6-4-3-5-7-14)11-20(30-21)27-15-8-9-17(23)16(10-15)22(24,25)26/h3-11,13,19,31H,12H2,1-2H3,(H2,27,28,29,30)/t19-/m0/s1. The third kappa shape index (κ3) is 5.86. The number of anilines is 3. The molecule has 3 aromatic rings. The molecule has 3 rings (SSSR count). The third-order valence-electron chi connectivity index (χ3n) is 4.66. The van der Waals surface area contributed by atoms with Crippen LogP contribution in [0.15, 0.2) is 54.6 Å². The summed E-state index contributed by atoms with van der Waals surface area (Å²) in [6.45, 7) is 3.77. The Morgan fingerprint density at radius 3 is 2.35 bits per heavy atom. The Hall–Kier alpha value is -2.84. The number of hydrogen-bond acceptors (Lipinski definition) is 5. The fourth-order valence-electron chi connectivity index (χ4n) is 2.89. The number of hydrogen-bond donors (Lipinski definition) is 3. The lowest BCUT2D eigenvalue weighted by Gasteiger charge is -2.21. The molecule has 1 atom stereocenters. The van der Waals surface area contributed by atoms with E-state index in [1.807, 2.05) is 44.2 Å². The van der Waals surface area contributed by atoms with Gasteiger partial charge < -0.3 is 15.7 Å². The summed E-state index contributed by atoms with van der Waals surface area (Å²) in [6.07, 6.45) is -4.58. The van der Waals surface area contributed by atoms with Gasteiger partial charge in [-0.2, -0.15) is 18.2 Å². The second-order valence-electron chi connectivity index (χ2n) is 7.32. The highest BCUT2D eigenvalue weighted by atomic mass is 35.5. The largest absolute Gasteiger partial charge is 0.417 e. The Morgan fingerprint density at radius 2 is 1.74 bits per heavy atom. The zero-order valence-corrected chi connectivity index (χ0v) is 17.7. The molecule has 0 aliphatic carbocycles. The number of alkyl halides is 3. The Kier molecular flexibility index (Phi) is 7.02. The molecule has 31 heavy (non-hydrogen) atoms. The van der Waals surface area contributed by atoms with E-state index in [4.69, 9.17) is 11.6 Å². The minimum Gasteiger partial charge on any atom is -0.394 e. The molecule has 9 heteroatoms. The number of aliphatic hydroxyl groups is 1. The number of nitrogens with zero attached hydrogens (tertiary/aromatic N) is 2. The molecule has 164 valence electrons. The van der Waals surface area contributed by atoms with Crippen LogP contribution in [0.4, 0.5) is 30.6 Å². The van der Waals surface area contributed by atoms with Crippen molar-refractivity contribution in [2.75, 3.05) is 17.2 Å². The molecular formula is C22H22ClF3N4O. The molecule has 0 bridgehead atoms. The van der Waals surface area contributed by atoms with Crippen LogP contribution >= 0.6 is 11.6 Å². The van der Waals surface area contributed by atoms with Gasteiger partial charge in [0.05, 0.1) is 28.9 Å². The number of rotatable bonds is 7. The molecule has 0 spiro atoms. The van der Waals surface area contributed by atoms with Gasteiger partial charge in [0.1, 0.15) is 5.82 Å². The zero-order valence-electron chi connectivity index (χ0n) is 16.9. The lowest BCUT2D eigenvalue weighted by atomic mass is 10.1. The third-order valence-corrected chi connectivity index (χ3v) is 4.99. The summed E-state index contributed by atoms with van der Waals surface area (Å²) in [7, 11) is 0. The van der Waals surface area contributed by atoms with Crippen LogP contribution < -0.4 is 10.6 Å². The summed E-state index contributed by atoms with van der Waals surface area (Å²) in [4.78, 5) is 8.89. The van der Waals surface area contributed by atoms with Gasteiger partial charge in [-0.05, 0) is 24.1 Å². The fourth-order valence-corrected chi connectivity index (χ4v) is 3.11. The van der Waals surface area contributed by atoms with E-state index in [1.165, 1.54) is 12.1 Å². The second kappa shape index (κ2) is 9.53. The van der Waals surface area contributed by atoms with Crippen molar-refractivity contribution in [3.05, 3.63) is 65.2 Å². The van der Waals surface area contributed by atoms with Crippen molar-refractivity contribution in [1.29, 1.82) is 0 Å². The van der Waals surface area contributed by atoms with E-state index in [1.54, 1.807) is 6.07 Å². The highest BCUT2D eigenvalue weighted by molar-refractivity contribution is 6.31. The molecule has 2 aromatic carbocycles. The van der Waals surface area contributed by atoms with E-state index in [9.17, 15) is 18.3 Å². The second-order valence-corrected chi connectivity index (χ2v) is 7.73. The predicted molar refractivity (Wildman–Crippen MR) is 117 cm³/mol. The van der Waals surface area contributed by atoms with Crippen LogP contribution in [0.25, 0.3) is 11.3 Å². The Balaban J connectivity index is 2.00. The van der Waals surface area contributed by atoms with Crippen molar-refractivity contribution in [2.45, 2.75) is 26.1 Å². The van der Waals surface area contributed by atoms with Gasteiger partial charge in [0.15, 0.2) is 0 Å². The van der Waals surface area contributed by atoms with E-state index < -0.39 is 11.7 Å². The molecule has 5 nitrogen and oxygen atoms in total. The zero-order chi connectivity index (χ0) is 22.6. The van der Waals surface area contributed by atoms with Gasteiger partial charge in [-0.15, -0.1) is 0 Å². The van der Waals surface area contributed by atoms with Crippen LogP contribution in [0.2, 0.25) is 5.02 Å². The lowest BCUT2D eigenvalue weighted by molar-refractivity contribution is -0.137. The quantitative estimate of drug-likeness (QED) is 0.412. The number of aliphatic hydroxyl groups excluding tert-OH is 1. The van der Waals surface area contributed by atoms with Crippen molar-refractivity contribution >= 4 is 29.1 Å². The van der Waals surface area contributed by atoms with Crippen LogP contribution in [-0.2, 0) is 6.18 Å². The molecule has 0 saturated heterocycles. The first kappa shape index (κ1) is 22.8. The van der Waals surface area contributed by atoms with Crippen LogP contribution in [0.3, 0.4) is 0 Å². The molecule has 0 aliphatic heterocycles. The summed E-state index contributed by atoms with van der Waals surface area (Å²) < 4.78 is 39.6.